The Balaban J connectivity index is 2.20. The Bertz CT molecular complexity index is 622. The minimum absolute atomic E-state index is 0.0920. The molecule has 0 aliphatic heterocycles. The van der Waals surface area contributed by atoms with E-state index in [2.05, 4.69) is 9.97 Å². The molecule has 1 heterocycles. The van der Waals surface area contributed by atoms with Gasteiger partial charge in [0.05, 0.1) is 4.92 Å². The third-order valence-corrected chi connectivity index (χ3v) is 2.70. The summed E-state index contributed by atoms with van der Waals surface area (Å²) in [6.07, 6.45) is 1.10. The van der Waals surface area contributed by atoms with Crippen LogP contribution in [-0.4, -0.2) is 14.9 Å². The number of hydrogen-bond donors (Lipinski definition) is 0. The second-order valence-corrected chi connectivity index (χ2v) is 4.29. The summed E-state index contributed by atoms with van der Waals surface area (Å²) in [6, 6.07) is 6.94. The van der Waals surface area contributed by atoms with E-state index in [1.165, 1.54) is 0 Å². The quantitative estimate of drug-likeness (QED) is 0.492. The van der Waals surface area contributed by atoms with Crippen LogP contribution in [0.2, 0.25) is 10.2 Å². The SMILES string of the molecule is O=[N+]([O-])c1c(Cl)ncnc1OCc1cccc(Cl)c1. The number of halogens is 2. The van der Waals surface area contributed by atoms with Gasteiger partial charge in [-0.2, -0.15) is 4.98 Å². The van der Waals surface area contributed by atoms with Gasteiger partial charge >= 0.3 is 5.69 Å². The lowest BCUT2D eigenvalue weighted by Crippen LogP contribution is -2.02. The molecule has 0 atom stereocenters. The summed E-state index contributed by atoms with van der Waals surface area (Å²) in [7, 11) is 0. The standard InChI is InChI=1S/C11H7Cl2N3O3/c12-8-3-1-2-7(4-8)5-19-11-9(16(17)18)10(13)14-6-15-11/h1-4,6H,5H2. The molecule has 8 heteroatoms. The van der Waals surface area contributed by atoms with Gasteiger partial charge in [0.2, 0.25) is 5.15 Å². The lowest BCUT2D eigenvalue weighted by Gasteiger charge is -2.06. The highest BCUT2D eigenvalue weighted by atomic mass is 35.5. The molecule has 2 rings (SSSR count). The molecule has 0 bridgehead atoms. The van der Waals surface area contributed by atoms with Gasteiger partial charge in [-0.3, -0.25) is 10.1 Å². The fourth-order valence-electron chi connectivity index (χ4n) is 1.38. The van der Waals surface area contributed by atoms with Crippen molar-refractivity contribution in [3.63, 3.8) is 0 Å². The molecule has 0 unspecified atom stereocenters. The van der Waals surface area contributed by atoms with Crippen LogP contribution in [-0.2, 0) is 6.61 Å². The highest BCUT2D eigenvalue weighted by Crippen LogP contribution is 2.30. The van der Waals surface area contributed by atoms with Crippen LogP contribution in [0.5, 0.6) is 5.88 Å². The van der Waals surface area contributed by atoms with Crippen LogP contribution < -0.4 is 4.74 Å². The van der Waals surface area contributed by atoms with Crippen LogP contribution in [0.25, 0.3) is 0 Å². The predicted octanol–water partition coefficient (Wildman–Crippen LogP) is 3.27. The molecule has 1 aromatic heterocycles. The van der Waals surface area contributed by atoms with Crippen molar-refractivity contribution in [3.05, 3.63) is 56.4 Å². The molecule has 19 heavy (non-hydrogen) atoms. The van der Waals surface area contributed by atoms with E-state index in [0.717, 1.165) is 11.9 Å². The minimum Gasteiger partial charge on any atom is -0.468 e. The van der Waals surface area contributed by atoms with Crippen molar-refractivity contribution >= 4 is 28.9 Å². The molecule has 98 valence electrons. The molecule has 2 aromatic rings. The van der Waals surface area contributed by atoms with E-state index in [4.69, 9.17) is 27.9 Å². The van der Waals surface area contributed by atoms with Gasteiger partial charge in [0.25, 0.3) is 5.88 Å². The van der Waals surface area contributed by atoms with Crippen LogP contribution in [0.3, 0.4) is 0 Å². The van der Waals surface area contributed by atoms with Crippen LogP contribution in [0.4, 0.5) is 5.69 Å². The Hall–Kier alpha value is -1.92. The number of nitro groups is 1. The summed E-state index contributed by atoms with van der Waals surface area (Å²) in [6.45, 7) is 0.0920. The molecular formula is C11H7Cl2N3O3. The Morgan fingerprint density at radius 2 is 2.11 bits per heavy atom. The minimum atomic E-state index is -0.685. The maximum atomic E-state index is 10.8. The fraction of sp³-hybridized carbons (Fsp3) is 0.0909. The van der Waals surface area contributed by atoms with E-state index >= 15 is 0 Å². The van der Waals surface area contributed by atoms with Gasteiger partial charge in [-0.1, -0.05) is 35.3 Å². The van der Waals surface area contributed by atoms with Gasteiger partial charge in [-0.15, -0.1) is 0 Å². The number of aromatic nitrogens is 2. The monoisotopic (exact) mass is 299 g/mol. The first kappa shape index (κ1) is 13.5. The summed E-state index contributed by atoms with van der Waals surface area (Å²) in [5.41, 5.74) is 0.308. The predicted molar refractivity (Wildman–Crippen MR) is 69.5 cm³/mol. The molecule has 1 aromatic carbocycles. The Kier molecular flexibility index (Phi) is 4.13. The highest BCUT2D eigenvalue weighted by molar-refractivity contribution is 6.31. The molecule has 0 saturated carbocycles. The molecule has 0 N–H and O–H groups in total. The normalized spacial score (nSPS) is 10.2. The van der Waals surface area contributed by atoms with Crippen LogP contribution in [0, 0.1) is 10.1 Å². The second kappa shape index (κ2) is 5.81. The fourth-order valence-corrected chi connectivity index (χ4v) is 1.79. The third kappa shape index (κ3) is 3.30. The van der Waals surface area contributed by atoms with Crippen molar-refractivity contribution in [2.45, 2.75) is 6.61 Å². The molecule has 0 aliphatic rings. The Morgan fingerprint density at radius 3 is 2.79 bits per heavy atom. The average molecular weight is 300 g/mol. The van der Waals surface area contributed by atoms with Gasteiger partial charge < -0.3 is 4.74 Å². The number of benzene rings is 1. The molecule has 0 fully saturated rings. The van der Waals surface area contributed by atoms with Crippen molar-refractivity contribution in [3.8, 4) is 5.88 Å². The summed E-state index contributed by atoms with van der Waals surface area (Å²) >= 11 is 11.5. The van der Waals surface area contributed by atoms with Gasteiger partial charge in [0.1, 0.15) is 12.9 Å². The first-order chi connectivity index (χ1) is 9.08. The first-order valence-corrected chi connectivity index (χ1v) is 5.85. The largest absolute Gasteiger partial charge is 0.468 e. The zero-order valence-electron chi connectivity index (χ0n) is 9.42. The average Bonchev–Trinajstić information content (AvgIpc) is 2.36. The molecule has 0 saturated heterocycles. The zero-order valence-corrected chi connectivity index (χ0v) is 10.9. The lowest BCUT2D eigenvalue weighted by molar-refractivity contribution is -0.386. The van der Waals surface area contributed by atoms with Gasteiger partial charge in [-0.25, -0.2) is 4.98 Å². The van der Waals surface area contributed by atoms with Crippen molar-refractivity contribution < 1.29 is 9.66 Å². The zero-order chi connectivity index (χ0) is 13.8. The van der Waals surface area contributed by atoms with Crippen LogP contribution in [0.1, 0.15) is 5.56 Å². The van der Waals surface area contributed by atoms with Crippen molar-refractivity contribution in [2.24, 2.45) is 0 Å². The van der Waals surface area contributed by atoms with Crippen molar-refractivity contribution in [2.75, 3.05) is 0 Å². The molecule has 0 aliphatic carbocycles. The number of rotatable bonds is 4. The first-order valence-electron chi connectivity index (χ1n) is 5.10. The van der Waals surface area contributed by atoms with E-state index in [1.807, 2.05) is 0 Å². The van der Waals surface area contributed by atoms with E-state index in [-0.39, 0.29) is 17.6 Å². The van der Waals surface area contributed by atoms with E-state index in [1.54, 1.807) is 24.3 Å². The topological polar surface area (TPSA) is 78.2 Å². The maximum absolute atomic E-state index is 10.8. The lowest BCUT2D eigenvalue weighted by atomic mass is 10.2. The highest BCUT2D eigenvalue weighted by Gasteiger charge is 2.23. The van der Waals surface area contributed by atoms with E-state index in [9.17, 15) is 10.1 Å². The van der Waals surface area contributed by atoms with E-state index < -0.39 is 10.6 Å². The van der Waals surface area contributed by atoms with Crippen molar-refractivity contribution in [1.29, 1.82) is 0 Å². The molecule has 6 nitrogen and oxygen atoms in total. The molecule has 0 amide bonds. The smallest absolute Gasteiger partial charge is 0.367 e. The number of nitrogens with zero attached hydrogens (tertiary/aromatic N) is 3. The summed E-state index contributed by atoms with van der Waals surface area (Å²) in [5, 5.41) is 11.1. The van der Waals surface area contributed by atoms with Gasteiger partial charge in [0.15, 0.2) is 0 Å². The number of ether oxygens (including phenoxy) is 1. The molecule has 0 spiro atoms. The second-order valence-electron chi connectivity index (χ2n) is 3.49. The van der Waals surface area contributed by atoms with Crippen molar-refractivity contribution in [1.82, 2.24) is 9.97 Å². The van der Waals surface area contributed by atoms with Gasteiger partial charge in [0, 0.05) is 5.02 Å². The summed E-state index contributed by atoms with van der Waals surface area (Å²) < 4.78 is 5.28. The van der Waals surface area contributed by atoms with Crippen LogP contribution in [0.15, 0.2) is 30.6 Å². The molecular weight excluding hydrogens is 293 g/mol. The Labute approximate surface area is 118 Å². The van der Waals surface area contributed by atoms with E-state index in [0.29, 0.717) is 5.02 Å². The summed E-state index contributed by atoms with van der Waals surface area (Å²) in [4.78, 5) is 17.4. The maximum Gasteiger partial charge on any atom is 0.367 e. The molecule has 0 radical (unpaired) electrons. The van der Waals surface area contributed by atoms with Gasteiger partial charge in [-0.05, 0) is 17.7 Å². The summed E-state index contributed by atoms with van der Waals surface area (Å²) in [5.74, 6) is -0.176. The Morgan fingerprint density at radius 1 is 1.32 bits per heavy atom. The van der Waals surface area contributed by atoms with Crippen LogP contribution >= 0.6 is 23.2 Å². The third-order valence-electron chi connectivity index (χ3n) is 2.19. The number of hydrogen-bond acceptors (Lipinski definition) is 5.